The number of carbonyl (C=O) groups excluding carboxylic acids is 1. The topological polar surface area (TPSA) is 38.3 Å². The van der Waals surface area contributed by atoms with Gasteiger partial charge >= 0.3 is 0 Å². The van der Waals surface area contributed by atoms with Crippen LogP contribution in [0.5, 0.6) is 5.75 Å². The first kappa shape index (κ1) is 16.1. The van der Waals surface area contributed by atoms with Crippen LogP contribution in [0.1, 0.15) is 6.92 Å². The third-order valence-electron chi connectivity index (χ3n) is 2.68. The molecule has 6 heteroatoms. The zero-order chi connectivity index (χ0) is 15.4. The van der Waals surface area contributed by atoms with Crippen molar-refractivity contribution in [2.24, 2.45) is 0 Å². The first-order valence-corrected chi connectivity index (χ1v) is 7.69. The van der Waals surface area contributed by atoms with Crippen molar-refractivity contribution in [2.45, 2.75) is 13.0 Å². The van der Waals surface area contributed by atoms with E-state index >= 15 is 0 Å². The molecule has 0 spiro atoms. The maximum Gasteiger partial charge on any atom is 0.265 e. The highest BCUT2D eigenvalue weighted by atomic mass is 79.9. The van der Waals surface area contributed by atoms with E-state index in [-0.39, 0.29) is 5.91 Å². The Bertz CT molecular complexity index is 647. The second-order valence-electron chi connectivity index (χ2n) is 4.33. The number of amides is 1. The monoisotopic (exact) mass is 387 g/mol. The highest BCUT2D eigenvalue weighted by Gasteiger charge is 2.15. The summed E-state index contributed by atoms with van der Waals surface area (Å²) < 4.78 is 6.51. The Hall–Kier alpha value is -1.23. The van der Waals surface area contributed by atoms with Crippen molar-refractivity contribution in [1.82, 2.24) is 0 Å². The molecule has 0 aliphatic carbocycles. The molecule has 1 amide bonds. The first-order chi connectivity index (χ1) is 9.95. The summed E-state index contributed by atoms with van der Waals surface area (Å²) >= 11 is 15.1. The van der Waals surface area contributed by atoms with Gasteiger partial charge in [-0.2, -0.15) is 0 Å². The third-order valence-corrected chi connectivity index (χ3v) is 3.95. The van der Waals surface area contributed by atoms with Gasteiger partial charge in [-0.05, 0) is 49.4 Å². The van der Waals surface area contributed by atoms with Crippen LogP contribution >= 0.6 is 39.1 Å². The van der Waals surface area contributed by atoms with Crippen LogP contribution in [0.25, 0.3) is 0 Å². The molecule has 1 unspecified atom stereocenters. The predicted octanol–water partition coefficient (Wildman–Crippen LogP) is 5.16. The van der Waals surface area contributed by atoms with Crippen LogP contribution in [0.2, 0.25) is 10.0 Å². The van der Waals surface area contributed by atoms with Crippen molar-refractivity contribution in [3.63, 3.8) is 0 Å². The average Bonchev–Trinajstić information content (AvgIpc) is 2.45. The van der Waals surface area contributed by atoms with E-state index in [1.54, 1.807) is 37.3 Å². The summed E-state index contributed by atoms with van der Waals surface area (Å²) in [6.07, 6.45) is -0.638. The van der Waals surface area contributed by atoms with Gasteiger partial charge in [-0.1, -0.05) is 39.1 Å². The standard InChI is InChI=1S/C15H12BrCl2NO2/c1-9(21-12-5-2-10(16)3-6-12)15(20)19-11-4-7-13(17)14(18)8-11/h2-9H,1H3,(H,19,20). The molecule has 21 heavy (non-hydrogen) atoms. The Morgan fingerprint density at radius 1 is 1.14 bits per heavy atom. The van der Waals surface area contributed by atoms with E-state index in [1.165, 1.54) is 0 Å². The van der Waals surface area contributed by atoms with Gasteiger partial charge in [0.2, 0.25) is 0 Å². The summed E-state index contributed by atoms with van der Waals surface area (Å²) in [7, 11) is 0. The van der Waals surface area contributed by atoms with Crippen molar-refractivity contribution >= 4 is 50.7 Å². The predicted molar refractivity (Wildman–Crippen MR) is 89.3 cm³/mol. The number of rotatable bonds is 4. The molecule has 0 aromatic heterocycles. The van der Waals surface area contributed by atoms with Gasteiger partial charge in [-0.3, -0.25) is 4.79 Å². The number of ether oxygens (including phenoxy) is 1. The first-order valence-electron chi connectivity index (χ1n) is 6.14. The number of benzene rings is 2. The van der Waals surface area contributed by atoms with E-state index in [0.29, 0.717) is 21.5 Å². The number of anilines is 1. The molecule has 1 atom stereocenters. The number of carbonyl (C=O) groups is 1. The quantitative estimate of drug-likeness (QED) is 0.785. The van der Waals surface area contributed by atoms with E-state index < -0.39 is 6.10 Å². The number of halogens is 3. The highest BCUT2D eigenvalue weighted by Crippen LogP contribution is 2.25. The Morgan fingerprint density at radius 3 is 2.43 bits per heavy atom. The molecule has 0 saturated carbocycles. The molecule has 0 fully saturated rings. The van der Waals surface area contributed by atoms with Crippen LogP contribution in [0.15, 0.2) is 46.9 Å². The lowest BCUT2D eigenvalue weighted by Gasteiger charge is -2.15. The van der Waals surface area contributed by atoms with Gasteiger partial charge < -0.3 is 10.1 Å². The van der Waals surface area contributed by atoms with Gasteiger partial charge in [0.25, 0.3) is 5.91 Å². The fourth-order valence-electron chi connectivity index (χ4n) is 1.59. The summed E-state index contributed by atoms with van der Waals surface area (Å²) in [5.41, 5.74) is 0.570. The van der Waals surface area contributed by atoms with Crippen LogP contribution in [-0.4, -0.2) is 12.0 Å². The van der Waals surface area contributed by atoms with Crippen LogP contribution in [-0.2, 0) is 4.79 Å². The Labute approximate surface area is 141 Å². The zero-order valence-electron chi connectivity index (χ0n) is 11.1. The van der Waals surface area contributed by atoms with Crippen LogP contribution < -0.4 is 10.1 Å². The molecule has 3 nitrogen and oxygen atoms in total. The van der Waals surface area contributed by atoms with E-state index in [2.05, 4.69) is 21.2 Å². The molecule has 110 valence electrons. The lowest BCUT2D eigenvalue weighted by Crippen LogP contribution is -2.30. The van der Waals surface area contributed by atoms with Crippen LogP contribution in [0.3, 0.4) is 0 Å². The largest absolute Gasteiger partial charge is 0.481 e. The third kappa shape index (κ3) is 4.63. The lowest BCUT2D eigenvalue weighted by atomic mass is 10.3. The van der Waals surface area contributed by atoms with E-state index in [1.807, 2.05) is 12.1 Å². The maximum atomic E-state index is 12.1. The summed E-state index contributed by atoms with van der Waals surface area (Å²) in [4.78, 5) is 12.1. The summed E-state index contributed by atoms with van der Waals surface area (Å²) in [5, 5.41) is 3.55. The lowest BCUT2D eigenvalue weighted by molar-refractivity contribution is -0.122. The second kappa shape index (κ2) is 7.16. The molecule has 1 N–H and O–H groups in total. The van der Waals surface area contributed by atoms with Crippen molar-refractivity contribution in [3.8, 4) is 5.75 Å². The van der Waals surface area contributed by atoms with E-state index in [9.17, 15) is 4.79 Å². The zero-order valence-corrected chi connectivity index (χ0v) is 14.2. The SMILES string of the molecule is CC(Oc1ccc(Br)cc1)C(=O)Nc1ccc(Cl)c(Cl)c1. The fraction of sp³-hybridized carbons (Fsp3) is 0.133. The molecule has 0 bridgehead atoms. The summed E-state index contributed by atoms with van der Waals surface area (Å²) in [6, 6.07) is 12.2. The molecule has 2 rings (SSSR count). The molecule has 0 radical (unpaired) electrons. The van der Waals surface area contributed by atoms with Crippen molar-refractivity contribution in [3.05, 3.63) is 57.0 Å². The van der Waals surface area contributed by atoms with Crippen molar-refractivity contribution in [1.29, 1.82) is 0 Å². The number of hydrogen-bond donors (Lipinski definition) is 1. The van der Waals surface area contributed by atoms with Crippen molar-refractivity contribution in [2.75, 3.05) is 5.32 Å². The summed E-state index contributed by atoms with van der Waals surface area (Å²) in [5.74, 6) is 0.353. The number of nitrogens with one attached hydrogen (secondary N) is 1. The summed E-state index contributed by atoms with van der Waals surface area (Å²) in [6.45, 7) is 1.68. The molecular formula is C15H12BrCl2NO2. The van der Waals surface area contributed by atoms with Crippen LogP contribution in [0, 0.1) is 0 Å². The maximum absolute atomic E-state index is 12.1. The average molecular weight is 389 g/mol. The molecule has 0 aliphatic heterocycles. The minimum absolute atomic E-state index is 0.267. The molecule has 2 aromatic rings. The minimum Gasteiger partial charge on any atom is -0.481 e. The smallest absolute Gasteiger partial charge is 0.265 e. The molecule has 0 saturated heterocycles. The van der Waals surface area contributed by atoms with Gasteiger partial charge in [-0.15, -0.1) is 0 Å². The highest BCUT2D eigenvalue weighted by molar-refractivity contribution is 9.10. The number of hydrogen-bond acceptors (Lipinski definition) is 2. The molecule has 2 aromatic carbocycles. The van der Waals surface area contributed by atoms with Gasteiger partial charge in [-0.25, -0.2) is 0 Å². The Balaban J connectivity index is 1.98. The van der Waals surface area contributed by atoms with E-state index in [4.69, 9.17) is 27.9 Å². The fourth-order valence-corrected chi connectivity index (χ4v) is 2.15. The Morgan fingerprint density at radius 2 is 1.81 bits per heavy atom. The molecule has 0 aliphatic rings. The normalized spacial score (nSPS) is 11.8. The van der Waals surface area contributed by atoms with Gasteiger partial charge in [0.05, 0.1) is 10.0 Å². The molecule has 0 heterocycles. The van der Waals surface area contributed by atoms with E-state index in [0.717, 1.165) is 4.47 Å². The minimum atomic E-state index is -0.638. The van der Waals surface area contributed by atoms with Crippen molar-refractivity contribution < 1.29 is 9.53 Å². The Kier molecular flexibility index (Phi) is 5.51. The van der Waals surface area contributed by atoms with Gasteiger partial charge in [0, 0.05) is 10.2 Å². The molecular weight excluding hydrogens is 377 g/mol. The van der Waals surface area contributed by atoms with Gasteiger partial charge in [0.15, 0.2) is 6.10 Å². The second-order valence-corrected chi connectivity index (χ2v) is 6.06. The van der Waals surface area contributed by atoms with Crippen LogP contribution in [0.4, 0.5) is 5.69 Å². The van der Waals surface area contributed by atoms with Gasteiger partial charge in [0.1, 0.15) is 5.75 Å².